The van der Waals surface area contributed by atoms with Gasteiger partial charge in [-0.15, -0.1) is 0 Å². The summed E-state index contributed by atoms with van der Waals surface area (Å²) in [7, 11) is 1.95. The van der Waals surface area contributed by atoms with Crippen molar-refractivity contribution in [3.8, 4) is 0 Å². The van der Waals surface area contributed by atoms with Crippen LogP contribution in [0.2, 0.25) is 0 Å². The van der Waals surface area contributed by atoms with Gasteiger partial charge in [0.25, 0.3) is 0 Å². The van der Waals surface area contributed by atoms with Gasteiger partial charge >= 0.3 is 0 Å². The van der Waals surface area contributed by atoms with Crippen LogP contribution in [0.5, 0.6) is 0 Å². The molecular weight excluding hydrogens is 224 g/mol. The number of hydrogen-bond acceptors (Lipinski definition) is 3. The lowest BCUT2D eigenvalue weighted by atomic mass is 10.2. The predicted octanol–water partition coefficient (Wildman–Crippen LogP) is 2.54. The van der Waals surface area contributed by atoms with Crippen LogP contribution in [0.1, 0.15) is 25.7 Å². The van der Waals surface area contributed by atoms with Gasteiger partial charge in [-0.2, -0.15) is 5.10 Å². The molecule has 0 radical (unpaired) electrons. The zero-order valence-electron chi connectivity index (χ0n) is 10.9. The van der Waals surface area contributed by atoms with Crippen LogP contribution in [0.4, 0.5) is 11.4 Å². The number of fused-ring (bicyclic) bond motifs is 1. The molecule has 96 valence electrons. The van der Waals surface area contributed by atoms with E-state index in [0.29, 0.717) is 0 Å². The molecule has 3 rings (SSSR count). The van der Waals surface area contributed by atoms with Crippen molar-refractivity contribution in [2.75, 3.05) is 23.7 Å². The van der Waals surface area contributed by atoms with Gasteiger partial charge in [0.1, 0.15) is 0 Å². The minimum absolute atomic E-state index is 0.873. The third-order valence-electron chi connectivity index (χ3n) is 3.71. The molecule has 0 aliphatic carbocycles. The van der Waals surface area contributed by atoms with E-state index in [4.69, 9.17) is 5.73 Å². The highest BCUT2D eigenvalue weighted by molar-refractivity contribution is 5.89. The molecule has 1 fully saturated rings. The third-order valence-corrected chi connectivity index (χ3v) is 3.71. The Labute approximate surface area is 107 Å². The second-order valence-corrected chi connectivity index (χ2v) is 5.17. The van der Waals surface area contributed by atoms with Gasteiger partial charge < -0.3 is 10.6 Å². The van der Waals surface area contributed by atoms with E-state index in [-0.39, 0.29) is 0 Å². The van der Waals surface area contributed by atoms with Crippen molar-refractivity contribution in [1.29, 1.82) is 0 Å². The van der Waals surface area contributed by atoms with Gasteiger partial charge in [-0.05, 0) is 25.0 Å². The topological polar surface area (TPSA) is 47.1 Å². The molecule has 1 aromatic carbocycles. The van der Waals surface area contributed by atoms with E-state index < -0.39 is 0 Å². The average Bonchev–Trinajstić information content (AvgIpc) is 2.55. The Balaban J connectivity index is 2.01. The van der Waals surface area contributed by atoms with Crippen LogP contribution < -0.4 is 10.6 Å². The standard InChI is InChI=1S/C14H20N4/c1-17-10-11-8-12(15)14(9-13(11)16-17)18-6-4-2-3-5-7-18/h8-10H,2-7,15H2,1H3. The number of nitrogens with zero attached hydrogens (tertiary/aromatic N) is 3. The van der Waals surface area contributed by atoms with Crippen LogP contribution >= 0.6 is 0 Å². The van der Waals surface area contributed by atoms with Crippen LogP contribution in [0, 0.1) is 0 Å². The number of hydrogen-bond donors (Lipinski definition) is 1. The summed E-state index contributed by atoms with van der Waals surface area (Å²) in [6, 6.07) is 4.18. The summed E-state index contributed by atoms with van der Waals surface area (Å²) >= 11 is 0. The summed E-state index contributed by atoms with van der Waals surface area (Å²) in [4.78, 5) is 2.41. The zero-order valence-corrected chi connectivity index (χ0v) is 10.9. The number of benzene rings is 1. The first-order valence-corrected chi connectivity index (χ1v) is 6.72. The van der Waals surface area contributed by atoms with E-state index in [1.54, 1.807) is 0 Å². The number of aromatic nitrogens is 2. The minimum Gasteiger partial charge on any atom is -0.397 e. The molecule has 18 heavy (non-hydrogen) atoms. The van der Waals surface area contributed by atoms with Crippen LogP contribution in [0.3, 0.4) is 0 Å². The molecule has 1 aromatic heterocycles. The Hall–Kier alpha value is -1.71. The fraction of sp³-hybridized carbons (Fsp3) is 0.500. The summed E-state index contributed by atoms with van der Waals surface area (Å²) < 4.78 is 1.84. The van der Waals surface area contributed by atoms with Crippen LogP contribution in [0.25, 0.3) is 10.9 Å². The van der Waals surface area contributed by atoms with Gasteiger partial charge in [0.15, 0.2) is 0 Å². The lowest BCUT2D eigenvalue weighted by molar-refractivity contribution is 0.726. The second-order valence-electron chi connectivity index (χ2n) is 5.17. The molecule has 0 atom stereocenters. The maximum Gasteiger partial charge on any atom is 0.0945 e. The molecule has 2 aromatic rings. The van der Waals surface area contributed by atoms with Crippen LogP contribution in [-0.4, -0.2) is 22.9 Å². The maximum atomic E-state index is 6.20. The fourth-order valence-corrected chi connectivity index (χ4v) is 2.79. The lowest BCUT2D eigenvalue weighted by Gasteiger charge is -2.24. The summed E-state index contributed by atoms with van der Waals surface area (Å²) in [6.07, 6.45) is 7.21. The third kappa shape index (κ3) is 2.03. The summed E-state index contributed by atoms with van der Waals surface area (Å²) in [5.74, 6) is 0. The van der Waals surface area contributed by atoms with Crippen LogP contribution in [0.15, 0.2) is 18.3 Å². The number of nitrogen functional groups attached to an aromatic ring is 1. The zero-order chi connectivity index (χ0) is 12.5. The van der Waals surface area contributed by atoms with Gasteiger partial charge in [0.05, 0.1) is 16.9 Å². The largest absolute Gasteiger partial charge is 0.397 e. The van der Waals surface area contributed by atoms with Gasteiger partial charge in [0, 0.05) is 31.7 Å². The Morgan fingerprint density at radius 1 is 1.11 bits per heavy atom. The summed E-state index contributed by atoms with van der Waals surface area (Å²) in [6.45, 7) is 2.23. The fourth-order valence-electron chi connectivity index (χ4n) is 2.79. The molecule has 0 saturated carbocycles. The number of rotatable bonds is 1. The Kier molecular flexibility index (Phi) is 2.86. The normalized spacial score (nSPS) is 17.1. The van der Waals surface area contributed by atoms with Gasteiger partial charge in [-0.25, -0.2) is 0 Å². The SMILES string of the molecule is Cn1cc2cc(N)c(N3CCCCCC3)cc2n1. The van der Waals surface area contributed by atoms with Gasteiger partial charge in [0.2, 0.25) is 0 Å². The van der Waals surface area contributed by atoms with E-state index >= 15 is 0 Å². The molecule has 4 heteroatoms. The predicted molar refractivity (Wildman–Crippen MR) is 75.8 cm³/mol. The van der Waals surface area contributed by atoms with Crippen LogP contribution in [-0.2, 0) is 7.05 Å². The Morgan fingerprint density at radius 2 is 1.83 bits per heavy atom. The first-order chi connectivity index (χ1) is 8.74. The quantitative estimate of drug-likeness (QED) is 0.784. The molecular formula is C14H20N4. The second kappa shape index (κ2) is 4.52. The van der Waals surface area contributed by atoms with Crippen molar-refractivity contribution in [2.45, 2.75) is 25.7 Å². The highest BCUT2D eigenvalue weighted by Gasteiger charge is 2.14. The van der Waals surface area contributed by atoms with E-state index in [1.165, 1.54) is 25.7 Å². The molecule has 0 unspecified atom stereocenters. The van der Waals surface area contributed by atoms with E-state index in [9.17, 15) is 0 Å². The van der Waals surface area contributed by atoms with E-state index in [0.717, 1.165) is 35.4 Å². The Morgan fingerprint density at radius 3 is 2.56 bits per heavy atom. The smallest absolute Gasteiger partial charge is 0.0945 e. The van der Waals surface area contributed by atoms with Crippen molar-refractivity contribution >= 4 is 22.3 Å². The molecule has 2 heterocycles. The number of aryl methyl sites for hydroxylation is 1. The minimum atomic E-state index is 0.873. The van der Waals surface area contributed by atoms with E-state index in [1.807, 2.05) is 24.0 Å². The van der Waals surface area contributed by atoms with Gasteiger partial charge in [-0.1, -0.05) is 12.8 Å². The van der Waals surface area contributed by atoms with Crippen molar-refractivity contribution in [3.63, 3.8) is 0 Å². The first-order valence-electron chi connectivity index (χ1n) is 6.72. The number of nitrogens with two attached hydrogens (primary N) is 1. The molecule has 0 bridgehead atoms. The number of anilines is 2. The molecule has 2 N–H and O–H groups in total. The highest BCUT2D eigenvalue weighted by Crippen LogP contribution is 2.30. The van der Waals surface area contributed by atoms with Crippen molar-refractivity contribution < 1.29 is 0 Å². The van der Waals surface area contributed by atoms with Crippen molar-refractivity contribution in [2.24, 2.45) is 7.05 Å². The lowest BCUT2D eigenvalue weighted by Crippen LogP contribution is -2.24. The van der Waals surface area contributed by atoms with Gasteiger partial charge in [-0.3, -0.25) is 4.68 Å². The molecule has 1 saturated heterocycles. The molecule has 4 nitrogen and oxygen atoms in total. The van der Waals surface area contributed by atoms with Crippen molar-refractivity contribution in [1.82, 2.24) is 9.78 Å². The molecule has 0 amide bonds. The summed E-state index contributed by atoms with van der Waals surface area (Å²) in [5.41, 5.74) is 9.26. The molecule has 1 aliphatic heterocycles. The molecule has 0 spiro atoms. The van der Waals surface area contributed by atoms with Crippen molar-refractivity contribution in [3.05, 3.63) is 18.3 Å². The van der Waals surface area contributed by atoms with E-state index in [2.05, 4.69) is 16.1 Å². The monoisotopic (exact) mass is 244 g/mol. The average molecular weight is 244 g/mol. The molecule has 1 aliphatic rings. The maximum absolute atomic E-state index is 6.20. The highest BCUT2D eigenvalue weighted by atomic mass is 15.2. The Bertz CT molecular complexity index is 550. The first kappa shape index (κ1) is 11.4. The summed E-state index contributed by atoms with van der Waals surface area (Å²) in [5, 5.41) is 5.59.